The molecule has 0 aromatic carbocycles. The summed E-state index contributed by atoms with van der Waals surface area (Å²) in [7, 11) is 0. The maximum Gasteiger partial charge on any atom is 0.00683 e. The second kappa shape index (κ2) is 7.99. The Morgan fingerprint density at radius 3 is 2.29 bits per heavy atom. The van der Waals surface area contributed by atoms with Crippen LogP contribution in [0.5, 0.6) is 0 Å². The van der Waals surface area contributed by atoms with E-state index in [0.29, 0.717) is 0 Å². The molecule has 1 nitrogen and oxygen atoms in total. The summed E-state index contributed by atoms with van der Waals surface area (Å²) in [5, 5.41) is 3.86. The van der Waals surface area contributed by atoms with Gasteiger partial charge in [-0.2, -0.15) is 0 Å². The number of nitrogens with one attached hydrogen (secondary N) is 1. The van der Waals surface area contributed by atoms with E-state index in [1.54, 1.807) is 19.3 Å². The van der Waals surface area contributed by atoms with Gasteiger partial charge in [0.2, 0.25) is 0 Å². The maximum absolute atomic E-state index is 3.86. The molecule has 0 saturated heterocycles. The molecule has 0 spiro atoms. The molecule has 0 radical (unpaired) electrons. The van der Waals surface area contributed by atoms with Gasteiger partial charge in [0, 0.05) is 6.04 Å². The van der Waals surface area contributed by atoms with Crippen LogP contribution < -0.4 is 5.32 Å². The summed E-state index contributed by atoms with van der Waals surface area (Å²) in [6.07, 6.45) is 19.5. The van der Waals surface area contributed by atoms with E-state index >= 15 is 0 Å². The van der Waals surface area contributed by atoms with Crippen molar-refractivity contribution in [2.45, 2.75) is 96.4 Å². The summed E-state index contributed by atoms with van der Waals surface area (Å²) in [6.45, 7) is 3.71. The molecule has 122 valence electrons. The highest BCUT2D eigenvalue weighted by molar-refractivity contribution is 4.89. The molecule has 3 rings (SSSR count). The second-order valence-electron chi connectivity index (χ2n) is 8.33. The number of rotatable bonds is 6. The average Bonchev–Trinajstić information content (AvgIpc) is 3.33. The Balaban J connectivity index is 1.58. The standard InChI is InChI=1S/C20H37N/c1-2-7-16-10-11-18(15-21-19-12-13-19)20(14-16)17-8-5-3-4-6-9-17/h16-21H,2-15H2,1H3. The second-order valence-corrected chi connectivity index (χ2v) is 8.33. The molecule has 3 saturated carbocycles. The van der Waals surface area contributed by atoms with E-state index in [2.05, 4.69) is 12.2 Å². The Kier molecular flexibility index (Phi) is 6.03. The zero-order chi connectivity index (χ0) is 14.5. The van der Waals surface area contributed by atoms with Crippen molar-refractivity contribution in [2.24, 2.45) is 23.7 Å². The Morgan fingerprint density at radius 1 is 0.857 bits per heavy atom. The van der Waals surface area contributed by atoms with Crippen molar-refractivity contribution in [1.29, 1.82) is 0 Å². The van der Waals surface area contributed by atoms with Crippen LogP contribution in [0.15, 0.2) is 0 Å². The Morgan fingerprint density at radius 2 is 1.62 bits per heavy atom. The average molecular weight is 292 g/mol. The van der Waals surface area contributed by atoms with Crippen LogP contribution in [0.1, 0.15) is 90.4 Å². The molecule has 3 atom stereocenters. The largest absolute Gasteiger partial charge is 0.314 e. The Bertz CT molecular complexity index is 288. The van der Waals surface area contributed by atoms with Gasteiger partial charge in [-0.15, -0.1) is 0 Å². The molecular formula is C20H37N. The normalized spacial score (nSPS) is 35.6. The molecule has 0 bridgehead atoms. The van der Waals surface area contributed by atoms with Crippen molar-refractivity contribution < 1.29 is 0 Å². The topological polar surface area (TPSA) is 12.0 Å². The van der Waals surface area contributed by atoms with Crippen LogP contribution in [0, 0.1) is 23.7 Å². The molecule has 3 unspecified atom stereocenters. The first-order chi connectivity index (χ1) is 10.4. The lowest BCUT2D eigenvalue weighted by Crippen LogP contribution is -2.37. The fourth-order valence-electron chi connectivity index (χ4n) is 5.20. The Hall–Kier alpha value is -0.0400. The van der Waals surface area contributed by atoms with Crippen molar-refractivity contribution in [3.63, 3.8) is 0 Å². The summed E-state index contributed by atoms with van der Waals surface area (Å²) >= 11 is 0. The van der Waals surface area contributed by atoms with Crippen LogP contribution in [0.3, 0.4) is 0 Å². The lowest BCUT2D eigenvalue weighted by molar-refractivity contribution is 0.104. The minimum absolute atomic E-state index is 0.896. The van der Waals surface area contributed by atoms with Crippen LogP contribution in [0.2, 0.25) is 0 Å². The van der Waals surface area contributed by atoms with Gasteiger partial charge in [0.15, 0.2) is 0 Å². The third kappa shape index (κ3) is 4.71. The minimum Gasteiger partial charge on any atom is -0.314 e. The monoisotopic (exact) mass is 291 g/mol. The van der Waals surface area contributed by atoms with Gasteiger partial charge in [0.1, 0.15) is 0 Å². The van der Waals surface area contributed by atoms with E-state index < -0.39 is 0 Å². The molecule has 1 heteroatoms. The van der Waals surface area contributed by atoms with E-state index in [4.69, 9.17) is 0 Å². The van der Waals surface area contributed by atoms with E-state index in [9.17, 15) is 0 Å². The van der Waals surface area contributed by atoms with Gasteiger partial charge in [-0.25, -0.2) is 0 Å². The van der Waals surface area contributed by atoms with Crippen LogP contribution >= 0.6 is 0 Å². The first kappa shape index (κ1) is 15.8. The van der Waals surface area contributed by atoms with Gasteiger partial charge in [-0.3, -0.25) is 0 Å². The summed E-state index contributed by atoms with van der Waals surface area (Å²) < 4.78 is 0. The van der Waals surface area contributed by atoms with Crippen LogP contribution in [0.25, 0.3) is 0 Å². The van der Waals surface area contributed by atoms with Crippen LogP contribution in [-0.2, 0) is 0 Å². The van der Waals surface area contributed by atoms with Gasteiger partial charge in [0.25, 0.3) is 0 Å². The fraction of sp³-hybridized carbons (Fsp3) is 1.00. The molecule has 1 N–H and O–H groups in total. The predicted molar refractivity (Wildman–Crippen MR) is 91.4 cm³/mol. The van der Waals surface area contributed by atoms with Crippen LogP contribution in [0.4, 0.5) is 0 Å². The van der Waals surface area contributed by atoms with E-state index in [-0.39, 0.29) is 0 Å². The highest BCUT2D eigenvalue weighted by Crippen LogP contribution is 2.44. The number of hydrogen-bond donors (Lipinski definition) is 1. The van der Waals surface area contributed by atoms with E-state index in [1.807, 2.05) is 0 Å². The zero-order valence-electron chi connectivity index (χ0n) is 14.3. The molecule has 21 heavy (non-hydrogen) atoms. The van der Waals surface area contributed by atoms with Gasteiger partial charge in [-0.1, -0.05) is 64.7 Å². The lowest BCUT2D eigenvalue weighted by atomic mass is 9.66. The Labute approximate surface area is 132 Å². The maximum atomic E-state index is 3.86. The molecular weight excluding hydrogens is 254 g/mol. The third-order valence-corrected chi connectivity index (χ3v) is 6.61. The van der Waals surface area contributed by atoms with Crippen molar-refractivity contribution in [2.75, 3.05) is 6.54 Å². The van der Waals surface area contributed by atoms with Crippen molar-refractivity contribution in [3.8, 4) is 0 Å². The smallest absolute Gasteiger partial charge is 0.00683 e. The fourth-order valence-corrected chi connectivity index (χ4v) is 5.20. The van der Waals surface area contributed by atoms with Gasteiger partial charge in [-0.05, 0) is 55.9 Å². The van der Waals surface area contributed by atoms with E-state index in [1.165, 1.54) is 70.8 Å². The SMILES string of the molecule is CCCC1CCC(CNC2CC2)C(C2CCCCCC2)C1. The van der Waals surface area contributed by atoms with Gasteiger partial charge < -0.3 is 5.32 Å². The van der Waals surface area contributed by atoms with E-state index in [0.717, 1.165) is 29.7 Å². The van der Waals surface area contributed by atoms with Crippen molar-refractivity contribution in [1.82, 2.24) is 5.32 Å². The third-order valence-electron chi connectivity index (χ3n) is 6.61. The molecule has 3 aliphatic carbocycles. The van der Waals surface area contributed by atoms with Crippen molar-refractivity contribution >= 4 is 0 Å². The van der Waals surface area contributed by atoms with Crippen molar-refractivity contribution in [3.05, 3.63) is 0 Å². The van der Waals surface area contributed by atoms with Gasteiger partial charge >= 0.3 is 0 Å². The molecule has 0 aromatic heterocycles. The molecule has 0 amide bonds. The highest BCUT2D eigenvalue weighted by atomic mass is 14.9. The van der Waals surface area contributed by atoms with Crippen LogP contribution in [-0.4, -0.2) is 12.6 Å². The molecule has 3 fully saturated rings. The zero-order valence-corrected chi connectivity index (χ0v) is 14.3. The molecule has 0 aliphatic heterocycles. The first-order valence-corrected chi connectivity index (χ1v) is 10.1. The summed E-state index contributed by atoms with van der Waals surface area (Å²) in [5.74, 6) is 4.18. The molecule has 0 aromatic rings. The predicted octanol–water partition coefficient (Wildman–Crippen LogP) is 5.54. The quantitative estimate of drug-likeness (QED) is 0.633. The molecule has 0 heterocycles. The summed E-state index contributed by atoms with van der Waals surface area (Å²) in [6, 6.07) is 0.896. The molecule has 3 aliphatic rings. The summed E-state index contributed by atoms with van der Waals surface area (Å²) in [4.78, 5) is 0. The summed E-state index contributed by atoms with van der Waals surface area (Å²) in [5.41, 5.74) is 0. The number of hydrogen-bond acceptors (Lipinski definition) is 1. The first-order valence-electron chi connectivity index (χ1n) is 10.1. The minimum atomic E-state index is 0.896. The highest BCUT2D eigenvalue weighted by Gasteiger charge is 2.36. The van der Waals surface area contributed by atoms with Gasteiger partial charge in [0.05, 0.1) is 0 Å². The lowest BCUT2D eigenvalue weighted by Gasteiger charge is -2.41.